The highest BCUT2D eigenvalue weighted by atomic mass is 16.6. The van der Waals surface area contributed by atoms with E-state index in [-0.39, 0.29) is 11.7 Å². The van der Waals surface area contributed by atoms with Crippen molar-refractivity contribution in [2.45, 2.75) is 13.0 Å². The minimum absolute atomic E-state index is 0.0851. The molecule has 2 amide bonds. The number of fused-ring (bicyclic) bond motifs is 1. The number of hydrogen-bond donors (Lipinski definition) is 2. The van der Waals surface area contributed by atoms with E-state index in [1.165, 1.54) is 18.2 Å². The molecule has 0 unspecified atom stereocenters. The van der Waals surface area contributed by atoms with Gasteiger partial charge in [0.1, 0.15) is 11.3 Å². The predicted octanol–water partition coefficient (Wildman–Crippen LogP) is 4.22. The van der Waals surface area contributed by atoms with Crippen LogP contribution in [0.2, 0.25) is 0 Å². The van der Waals surface area contributed by atoms with Crippen molar-refractivity contribution in [3.63, 3.8) is 0 Å². The van der Waals surface area contributed by atoms with Gasteiger partial charge in [0.25, 0.3) is 5.69 Å². The Balaban J connectivity index is 1.67. The molecule has 0 fully saturated rings. The number of hydrogen-bond acceptors (Lipinski definition) is 4. The lowest BCUT2D eigenvalue weighted by Gasteiger charge is -2.12. The number of anilines is 1. The molecule has 24 heavy (non-hydrogen) atoms. The summed E-state index contributed by atoms with van der Waals surface area (Å²) >= 11 is 0. The van der Waals surface area contributed by atoms with Crippen molar-refractivity contribution in [3.05, 3.63) is 70.5 Å². The predicted molar refractivity (Wildman–Crippen MR) is 89.9 cm³/mol. The van der Waals surface area contributed by atoms with Crippen LogP contribution >= 0.6 is 0 Å². The van der Waals surface area contributed by atoms with Crippen molar-refractivity contribution < 1.29 is 14.1 Å². The van der Waals surface area contributed by atoms with Gasteiger partial charge in [-0.15, -0.1) is 0 Å². The SMILES string of the molecule is C[C@H](NC(=O)Nc1cccc([N+](=O)[O-])c1)c1cc2ccccc2o1. The monoisotopic (exact) mass is 325 g/mol. The summed E-state index contributed by atoms with van der Waals surface area (Å²) in [6, 6.07) is 14.4. The Morgan fingerprint density at radius 3 is 2.71 bits per heavy atom. The average molecular weight is 325 g/mol. The van der Waals surface area contributed by atoms with E-state index in [9.17, 15) is 14.9 Å². The van der Waals surface area contributed by atoms with Gasteiger partial charge in [-0.2, -0.15) is 0 Å². The van der Waals surface area contributed by atoms with Crippen LogP contribution in [0.25, 0.3) is 11.0 Å². The van der Waals surface area contributed by atoms with Crippen LogP contribution in [0.3, 0.4) is 0 Å². The number of nitrogens with one attached hydrogen (secondary N) is 2. The van der Waals surface area contributed by atoms with Crippen molar-refractivity contribution in [1.29, 1.82) is 0 Å². The molecule has 0 saturated carbocycles. The molecule has 2 N–H and O–H groups in total. The molecular weight excluding hydrogens is 310 g/mol. The topological polar surface area (TPSA) is 97.4 Å². The number of carbonyl (C=O) groups excluding carboxylic acids is 1. The van der Waals surface area contributed by atoms with Gasteiger partial charge >= 0.3 is 6.03 Å². The van der Waals surface area contributed by atoms with E-state index in [0.717, 1.165) is 11.0 Å². The smallest absolute Gasteiger partial charge is 0.319 e. The maximum atomic E-state index is 12.1. The zero-order valence-electron chi connectivity index (χ0n) is 12.9. The first-order chi connectivity index (χ1) is 11.5. The Labute approximate surface area is 137 Å². The third kappa shape index (κ3) is 3.35. The quantitative estimate of drug-likeness (QED) is 0.554. The molecule has 1 atom stereocenters. The molecular formula is C17H15N3O4. The number of non-ortho nitro benzene ring substituents is 1. The van der Waals surface area contributed by atoms with Crippen LogP contribution < -0.4 is 10.6 Å². The summed E-state index contributed by atoms with van der Waals surface area (Å²) in [5, 5.41) is 17.0. The van der Waals surface area contributed by atoms with E-state index in [1.807, 2.05) is 30.3 Å². The fourth-order valence-corrected chi connectivity index (χ4v) is 2.35. The number of amides is 2. The summed E-state index contributed by atoms with van der Waals surface area (Å²) in [5.41, 5.74) is 1.01. The number of nitro groups is 1. The van der Waals surface area contributed by atoms with Gasteiger partial charge in [-0.25, -0.2) is 4.79 Å². The third-order valence-electron chi connectivity index (χ3n) is 3.53. The lowest BCUT2D eigenvalue weighted by atomic mass is 10.2. The number of nitrogens with zero attached hydrogens (tertiary/aromatic N) is 1. The molecule has 0 bridgehead atoms. The Hall–Kier alpha value is -3.35. The lowest BCUT2D eigenvalue weighted by Crippen LogP contribution is -2.30. The zero-order valence-corrected chi connectivity index (χ0v) is 12.9. The van der Waals surface area contributed by atoms with Gasteiger partial charge in [0.15, 0.2) is 0 Å². The van der Waals surface area contributed by atoms with Crippen molar-refractivity contribution in [2.24, 2.45) is 0 Å². The highest BCUT2D eigenvalue weighted by molar-refractivity contribution is 5.90. The van der Waals surface area contributed by atoms with E-state index < -0.39 is 11.0 Å². The van der Waals surface area contributed by atoms with Gasteiger partial charge in [-0.1, -0.05) is 24.3 Å². The number of urea groups is 1. The number of para-hydroxylation sites is 1. The molecule has 0 spiro atoms. The minimum atomic E-state index is -0.514. The number of nitro benzene ring substituents is 1. The van der Waals surface area contributed by atoms with Crippen LogP contribution in [-0.4, -0.2) is 11.0 Å². The van der Waals surface area contributed by atoms with Crippen LogP contribution in [0.15, 0.2) is 59.0 Å². The first-order valence-electron chi connectivity index (χ1n) is 7.33. The number of rotatable bonds is 4. The zero-order chi connectivity index (χ0) is 17.1. The molecule has 3 rings (SSSR count). The van der Waals surface area contributed by atoms with Gasteiger partial charge in [-0.05, 0) is 25.1 Å². The Morgan fingerprint density at radius 2 is 1.96 bits per heavy atom. The summed E-state index contributed by atoms with van der Waals surface area (Å²) in [4.78, 5) is 22.3. The standard InChI is InChI=1S/C17H15N3O4/c1-11(16-9-12-5-2-3-8-15(12)24-16)18-17(21)19-13-6-4-7-14(10-13)20(22)23/h2-11H,1H3,(H2,18,19,21)/t11-/m0/s1. The number of furan rings is 1. The molecule has 0 saturated heterocycles. The van der Waals surface area contributed by atoms with Crippen LogP contribution in [0.4, 0.5) is 16.2 Å². The lowest BCUT2D eigenvalue weighted by molar-refractivity contribution is -0.384. The summed E-state index contributed by atoms with van der Waals surface area (Å²) in [5.74, 6) is 0.630. The van der Waals surface area contributed by atoms with Gasteiger partial charge in [0.05, 0.1) is 11.0 Å². The van der Waals surface area contributed by atoms with Gasteiger partial charge in [0.2, 0.25) is 0 Å². The van der Waals surface area contributed by atoms with Crippen LogP contribution in [0, 0.1) is 10.1 Å². The Morgan fingerprint density at radius 1 is 1.17 bits per heavy atom. The van der Waals surface area contributed by atoms with Crippen molar-refractivity contribution in [1.82, 2.24) is 5.32 Å². The summed E-state index contributed by atoms with van der Waals surface area (Å²) < 4.78 is 5.70. The molecule has 7 nitrogen and oxygen atoms in total. The normalized spacial score (nSPS) is 11.9. The van der Waals surface area contributed by atoms with Gasteiger partial charge < -0.3 is 15.1 Å². The fourth-order valence-electron chi connectivity index (χ4n) is 2.35. The number of benzene rings is 2. The first-order valence-corrected chi connectivity index (χ1v) is 7.33. The van der Waals surface area contributed by atoms with Gasteiger partial charge in [0, 0.05) is 23.2 Å². The van der Waals surface area contributed by atoms with E-state index in [1.54, 1.807) is 13.0 Å². The average Bonchev–Trinajstić information content (AvgIpc) is 2.99. The summed E-state index contributed by atoms with van der Waals surface area (Å²) in [6.45, 7) is 1.80. The molecule has 0 radical (unpaired) electrons. The van der Waals surface area contributed by atoms with E-state index in [4.69, 9.17) is 4.42 Å². The molecule has 2 aromatic carbocycles. The van der Waals surface area contributed by atoms with E-state index in [2.05, 4.69) is 10.6 Å². The molecule has 122 valence electrons. The third-order valence-corrected chi connectivity index (χ3v) is 3.53. The highest BCUT2D eigenvalue weighted by Gasteiger charge is 2.15. The van der Waals surface area contributed by atoms with E-state index >= 15 is 0 Å². The maximum absolute atomic E-state index is 12.1. The second-order valence-corrected chi connectivity index (χ2v) is 5.31. The first kappa shape index (κ1) is 15.5. The molecule has 0 aliphatic heterocycles. The minimum Gasteiger partial charge on any atom is -0.459 e. The van der Waals surface area contributed by atoms with Crippen molar-refractivity contribution in [2.75, 3.05) is 5.32 Å². The van der Waals surface area contributed by atoms with Crippen LogP contribution in [-0.2, 0) is 0 Å². The Bertz CT molecular complexity index is 870. The van der Waals surface area contributed by atoms with Crippen molar-refractivity contribution >= 4 is 28.4 Å². The maximum Gasteiger partial charge on any atom is 0.319 e. The Kier molecular flexibility index (Phi) is 4.15. The molecule has 1 aromatic heterocycles. The summed E-state index contributed by atoms with van der Waals surface area (Å²) in [7, 11) is 0. The van der Waals surface area contributed by atoms with Gasteiger partial charge in [-0.3, -0.25) is 10.1 Å². The number of carbonyl (C=O) groups is 1. The molecule has 0 aliphatic carbocycles. The highest BCUT2D eigenvalue weighted by Crippen LogP contribution is 2.23. The second-order valence-electron chi connectivity index (χ2n) is 5.31. The largest absolute Gasteiger partial charge is 0.459 e. The second kappa shape index (κ2) is 6.41. The molecule has 3 aromatic rings. The van der Waals surface area contributed by atoms with Crippen LogP contribution in [0.1, 0.15) is 18.7 Å². The van der Waals surface area contributed by atoms with E-state index in [0.29, 0.717) is 11.4 Å². The molecule has 7 heteroatoms. The van der Waals surface area contributed by atoms with Crippen molar-refractivity contribution in [3.8, 4) is 0 Å². The summed E-state index contributed by atoms with van der Waals surface area (Å²) in [6.07, 6.45) is 0. The molecule has 0 aliphatic rings. The fraction of sp³-hybridized carbons (Fsp3) is 0.118. The van der Waals surface area contributed by atoms with Crippen LogP contribution in [0.5, 0.6) is 0 Å². The molecule has 1 heterocycles.